The van der Waals surface area contributed by atoms with Crippen molar-refractivity contribution in [1.29, 1.82) is 0 Å². The maximum absolute atomic E-state index is 5.65. The van der Waals surface area contributed by atoms with Crippen LogP contribution in [0.15, 0.2) is 24.3 Å². The molecule has 88 valence electrons. The second-order valence-corrected chi connectivity index (χ2v) is 3.81. The zero-order chi connectivity index (χ0) is 12.0. The van der Waals surface area contributed by atoms with Gasteiger partial charge in [-0.25, -0.2) is 0 Å². The Morgan fingerprint density at radius 2 is 1.94 bits per heavy atom. The third kappa shape index (κ3) is 3.17. The van der Waals surface area contributed by atoms with E-state index in [9.17, 15) is 0 Å². The van der Waals surface area contributed by atoms with E-state index < -0.39 is 0 Å². The highest BCUT2D eigenvalue weighted by atomic mass is 35.5. The van der Waals surface area contributed by atoms with Crippen molar-refractivity contribution in [2.24, 2.45) is 0 Å². The minimum Gasteiger partial charge on any atom is -0.493 e. The molecule has 0 aliphatic heterocycles. The van der Waals surface area contributed by atoms with Gasteiger partial charge in [0.1, 0.15) is 0 Å². The van der Waals surface area contributed by atoms with Gasteiger partial charge in [-0.3, -0.25) is 0 Å². The molecule has 0 amide bonds. The summed E-state index contributed by atoms with van der Waals surface area (Å²) in [6.45, 7) is 2.06. The highest BCUT2D eigenvalue weighted by Crippen LogP contribution is 2.30. The first kappa shape index (κ1) is 12.9. The molecular formula is C13H17ClO2. The summed E-state index contributed by atoms with van der Waals surface area (Å²) in [6.07, 6.45) is 3.00. The van der Waals surface area contributed by atoms with Gasteiger partial charge in [0.05, 0.1) is 14.2 Å². The summed E-state index contributed by atoms with van der Waals surface area (Å²) in [6, 6.07) is 5.90. The number of hydrogen-bond donors (Lipinski definition) is 0. The van der Waals surface area contributed by atoms with Crippen molar-refractivity contribution in [3.8, 4) is 11.5 Å². The lowest BCUT2D eigenvalue weighted by atomic mass is 10.1. The summed E-state index contributed by atoms with van der Waals surface area (Å²) in [5.41, 5.74) is 2.32. The molecular weight excluding hydrogens is 224 g/mol. The van der Waals surface area contributed by atoms with Crippen LogP contribution in [-0.2, 0) is 0 Å². The zero-order valence-electron chi connectivity index (χ0n) is 9.92. The van der Waals surface area contributed by atoms with Gasteiger partial charge in [0.25, 0.3) is 0 Å². The van der Waals surface area contributed by atoms with E-state index in [1.165, 1.54) is 5.57 Å². The second-order valence-electron chi connectivity index (χ2n) is 3.43. The molecule has 0 aliphatic rings. The molecule has 0 radical (unpaired) electrons. The van der Waals surface area contributed by atoms with Crippen LogP contribution in [0.25, 0.3) is 5.57 Å². The first-order valence-corrected chi connectivity index (χ1v) is 5.71. The number of methoxy groups -OCH3 is 2. The number of ether oxygens (including phenoxy) is 2. The Bertz CT molecular complexity index is 372. The standard InChI is InChI=1S/C13H17ClO2/c1-10(5-4-8-14)11-6-7-12(15-2)13(9-11)16-3/h5-7,9H,4,8H2,1-3H3. The Kier molecular flexibility index (Phi) is 5.20. The molecule has 0 atom stereocenters. The van der Waals surface area contributed by atoms with Crippen LogP contribution in [0.5, 0.6) is 11.5 Å². The third-order valence-corrected chi connectivity index (χ3v) is 2.62. The first-order chi connectivity index (χ1) is 7.72. The fourth-order valence-corrected chi connectivity index (χ4v) is 1.58. The predicted octanol–water partition coefficient (Wildman–Crippen LogP) is 3.74. The smallest absolute Gasteiger partial charge is 0.161 e. The number of halogens is 1. The second kappa shape index (κ2) is 6.44. The monoisotopic (exact) mass is 240 g/mol. The summed E-state index contributed by atoms with van der Waals surface area (Å²) in [4.78, 5) is 0. The molecule has 3 heteroatoms. The van der Waals surface area contributed by atoms with Crippen molar-refractivity contribution < 1.29 is 9.47 Å². The van der Waals surface area contributed by atoms with E-state index >= 15 is 0 Å². The van der Waals surface area contributed by atoms with Crippen LogP contribution in [0.1, 0.15) is 18.9 Å². The molecule has 0 heterocycles. The molecule has 0 spiro atoms. The van der Waals surface area contributed by atoms with Gasteiger partial charge in [0, 0.05) is 5.88 Å². The molecule has 0 saturated carbocycles. The maximum atomic E-state index is 5.65. The van der Waals surface area contributed by atoms with Gasteiger partial charge in [-0.05, 0) is 36.6 Å². The number of alkyl halides is 1. The lowest BCUT2D eigenvalue weighted by Gasteiger charge is -2.09. The summed E-state index contributed by atoms with van der Waals surface area (Å²) >= 11 is 5.65. The van der Waals surface area contributed by atoms with Gasteiger partial charge in [0.2, 0.25) is 0 Å². The predicted molar refractivity (Wildman–Crippen MR) is 68.5 cm³/mol. The van der Waals surface area contributed by atoms with Crippen molar-refractivity contribution >= 4 is 17.2 Å². The lowest BCUT2D eigenvalue weighted by molar-refractivity contribution is 0.355. The van der Waals surface area contributed by atoms with Gasteiger partial charge < -0.3 is 9.47 Å². The molecule has 0 unspecified atom stereocenters. The van der Waals surface area contributed by atoms with E-state index in [0.29, 0.717) is 5.88 Å². The average Bonchev–Trinajstić information content (AvgIpc) is 2.34. The minimum atomic E-state index is 0.643. The number of rotatable bonds is 5. The molecule has 0 fully saturated rings. The van der Waals surface area contributed by atoms with E-state index in [-0.39, 0.29) is 0 Å². The molecule has 1 aromatic carbocycles. The maximum Gasteiger partial charge on any atom is 0.161 e. The molecule has 0 aromatic heterocycles. The SMILES string of the molecule is COc1ccc(C(C)=CCCCl)cc1OC. The normalized spacial score (nSPS) is 11.4. The molecule has 16 heavy (non-hydrogen) atoms. The van der Waals surface area contributed by atoms with Gasteiger partial charge >= 0.3 is 0 Å². The quantitative estimate of drug-likeness (QED) is 0.730. The van der Waals surface area contributed by atoms with E-state index in [1.807, 2.05) is 18.2 Å². The van der Waals surface area contributed by atoms with Crippen LogP contribution in [-0.4, -0.2) is 20.1 Å². The van der Waals surface area contributed by atoms with Crippen LogP contribution < -0.4 is 9.47 Å². The number of hydrogen-bond acceptors (Lipinski definition) is 2. The average molecular weight is 241 g/mol. The molecule has 0 saturated heterocycles. The van der Waals surface area contributed by atoms with Gasteiger partial charge in [0.15, 0.2) is 11.5 Å². The first-order valence-electron chi connectivity index (χ1n) is 5.18. The van der Waals surface area contributed by atoms with Crippen LogP contribution in [0.4, 0.5) is 0 Å². The summed E-state index contributed by atoms with van der Waals surface area (Å²) in [7, 11) is 3.27. The fraction of sp³-hybridized carbons (Fsp3) is 0.385. The Hall–Kier alpha value is -1.15. The van der Waals surface area contributed by atoms with Gasteiger partial charge in [-0.2, -0.15) is 0 Å². The number of allylic oxidation sites excluding steroid dienone is 2. The van der Waals surface area contributed by atoms with Crippen molar-refractivity contribution in [2.45, 2.75) is 13.3 Å². The molecule has 1 rings (SSSR count). The number of benzene rings is 1. The molecule has 0 aliphatic carbocycles. The zero-order valence-corrected chi connectivity index (χ0v) is 10.7. The van der Waals surface area contributed by atoms with E-state index in [2.05, 4.69) is 13.0 Å². The van der Waals surface area contributed by atoms with Crippen molar-refractivity contribution in [2.75, 3.05) is 20.1 Å². The summed E-state index contributed by atoms with van der Waals surface area (Å²) < 4.78 is 10.4. The van der Waals surface area contributed by atoms with Crippen LogP contribution in [0, 0.1) is 0 Å². The Morgan fingerprint density at radius 1 is 1.25 bits per heavy atom. The summed E-state index contributed by atoms with van der Waals surface area (Å²) in [5.74, 6) is 2.14. The van der Waals surface area contributed by atoms with Crippen molar-refractivity contribution in [3.05, 3.63) is 29.8 Å². The highest BCUT2D eigenvalue weighted by molar-refractivity contribution is 6.17. The summed E-state index contributed by atoms with van der Waals surface area (Å²) in [5, 5.41) is 0. The lowest BCUT2D eigenvalue weighted by Crippen LogP contribution is -1.91. The fourth-order valence-electron chi connectivity index (χ4n) is 1.47. The molecule has 0 N–H and O–H groups in total. The highest BCUT2D eigenvalue weighted by Gasteiger charge is 2.05. The van der Waals surface area contributed by atoms with Crippen LogP contribution in [0.3, 0.4) is 0 Å². The molecule has 1 aromatic rings. The topological polar surface area (TPSA) is 18.5 Å². The Balaban J connectivity index is 2.98. The van der Waals surface area contributed by atoms with E-state index in [1.54, 1.807) is 14.2 Å². The Labute approximate surface area is 102 Å². The van der Waals surface area contributed by atoms with Crippen LogP contribution in [0.2, 0.25) is 0 Å². The minimum absolute atomic E-state index is 0.643. The molecule has 0 bridgehead atoms. The van der Waals surface area contributed by atoms with Gasteiger partial charge in [-0.1, -0.05) is 12.1 Å². The van der Waals surface area contributed by atoms with Gasteiger partial charge in [-0.15, -0.1) is 11.6 Å². The Morgan fingerprint density at radius 3 is 2.50 bits per heavy atom. The van der Waals surface area contributed by atoms with Crippen molar-refractivity contribution in [1.82, 2.24) is 0 Å². The van der Waals surface area contributed by atoms with Crippen molar-refractivity contribution in [3.63, 3.8) is 0 Å². The largest absolute Gasteiger partial charge is 0.493 e. The molecule has 2 nitrogen and oxygen atoms in total. The van der Waals surface area contributed by atoms with Crippen LogP contribution >= 0.6 is 11.6 Å². The van der Waals surface area contributed by atoms with E-state index in [4.69, 9.17) is 21.1 Å². The van der Waals surface area contributed by atoms with E-state index in [0.717, 1.165) is 23.5 Å². The third-order valence-electron chi connectivity index (χ3n) is 2.40.